The first kappa shape index (κ1) is 14.0. The molecule has 0 amide bonds. The largest absolute Gasteiger partial charge is 0.377 e. The third-order valence-corrected chi connectivity index (χ3v) is 4.76. The van der Waals surface area contributed by atoms with E-state index in [0.29, 0.717) is 5.56 Å². The predicted octanol–water partition coefficient (Wildman–Crippen LogP) is 4.90. The fraction of sp³-hybridized carbons (Fsp3) is 0.231. The Morgan fingerprint density at radius 1 is 1.47 bits per heavy atom. The number of hydrogen-bond acceptors (Lipinski definition) is 4. The monoisotopic (exact) mass is 340 g/mol. The van der Waals surface area contributed by atoms with Gasteiger partial charge in [0.2, 0.25) is 0 Å². The van der Waals surface area contributed by atoms with Crippen LogP contribution in [0.2, 0.25) is 0 Å². The van der Waals surface area contributed by atoms with E-state index in [0.717, 1.165) is 10.2 Å². The van der Waals surface area contributed by atoms with Crippen molar-refractivity contribution in [3.63, 3.8) is 0 Å². The van der Waals surface area contributed by atoms with Crippen molar-refractivity contribution in [2.75, 3.05) is 5.32 Å². The molecule has 2 rings (SSSR count). The molecule has 0 saturated carbocycles. The quantitative estimate of drug-likeness (QED) is 0.636. The van der Waals surface area contributed by atoms with Crippen LogP contribution in [0.15, 0.2) is 34.1 Å². The molecule has 1 unspecified atom stereocenters. The lowest BCUT2D eigenvalue weighted by molar-refractivity contribution is -0.385. The van der Waals surface area contributed by atoms with Crippen LogP contribution in [0.5, 0.6) is 0 Å². The lowest BCUT2D eigenvalue weighted by Gasteiger charge is -2.15. The third kappa shape index (κ3) is 3.13. The van der Waals surface area contributed by atoms with Crippen molar-refractivity contribution in [1.82, 2.24) is 0 Å². The summed E-state index contributed by atoms with van der Waals surface area (Å²) in [5.74, 6) is 0. The highest BCUT2D eigenvalue weighted by Gasteiger charge is 2.15. The molecular weight excluding hydrogens is 328 g/mol. The highest BCUT2D eigenvalue weighted by atomic mass is 79.9. The van der Waals surface area contributed by atoms with Gasteiger partial charge < -0.3 is 5.32 Å². The number of benzene rings is 1. The van der Waals surface area contributed by atoms with E-state index in [1.54, 1.807) is 24.3 Å². The van der Waals surface area contributed by atoms with Gasteiger partial charge in [0.15, 0.2) is 0 Å². The summed E-state index contributed by atoms with van der Waals surface area (Å²) in [7, 11) is 0. The van der Waals surface area contributed by atoms with Gasteiger partial charge in [0.25, 0.3) is 5.69 Å². The van der Waals surface area contributed by atoms with Crippen LogP contribution in [0.25, 0.3) is 0 Å². The van der Waals surface area contributed by atoms with E-state index in [1.807, 2.05) is 18.4 Å². The van der Waals surface area contributed by atoms with Crippen molar-refractivity contribution in [3.8, 4) is 0 Å². The van der Waals surface area contributed by atoms with E-state index in [9.17, 15) is 10.1 Å². The zero-order valence-electron chi connectivity index (χ0n) is 10.5. The van der Waals surface area contributed by atoms with Crippen LogP contribution in [0.1, 0.15) is 23.4 Å². The zero-order valence-corrected chi connectivity index (χ0v) is 12.9. The molecule has 1 heterocycles. The van der Waals surface area contributed by atoms with E-state index < -0.39 is 0 Å². The topological polar surface area (TPSA) is 55.2 Å². The van der Waals surface area contributed by atoms with Gasteiger partial charge in [0.05, 0.1) is 11.0 Å². The van der Waals surface area contributed by atoms with Crippen molar-refractivity contribution >= 4 is 38.6 Å². The number of thiophene rings is 1. The Bertz CT molecular complexity index is 612. The number of nitrogens with one attached hydrogen (secondary N) is 1. The van der Waals surface area contributed by atoms with Crippen LogP contribution >= 0.6 is 27.3 Å². The summed E-state index contributed by atoms with van der Waals surface area (Å²) in [6, 6.07) is 7.24. The van der Waals surface area contributed by atoms with Crippen LogP contribution in [0, 0.1) is 17.0 Å². The maximum atomic E-state index is 10.9. The van der Waals surface area contributed by atoms with Crippen molar-refractivity contribution in [2.45, 2.75) is 19.9 Å². The van der Waals surface area contributed by atoms with Gasteiger partial charge in [-0.1, -0.05) is 6.07 Å². The number of hydrogen-bond donors (Lipinski definition) is 1. The Morgan fingerprint density at radius 2 is 2.21 bits per heavy atom. The second kappa shape index (κ2) is 5.71. The number of nitro benzene ring substituents is 1. The molecule has 4 nitrogen and oxygen atoms in total. The standard InChI is InChI=1S/C13H13BrN2O2S/c1-8-11(4-3-5-12(8)16(17)18)15-9(2)13-6-10(14)7-19-13/h3-7,9,15H,1-2H3. The van der Waals surface area contributed by atoms with Crippen molar-refractivity contribution < 1.29 is 4.92 Å². The van der Waals surface area contributed by atoms with Gasteiger partial charge in [-0.3, -0.25) is 10.1 Å². The van der Waals surface area contributed by atoms with Crippen LogP contribution in [-0.4, -0.2) is 4.92 Å². The van der Waals surface area contributed by atoms with Crippen LogP contribution in [0.4, 0.5) is 11.4 Å². The summed E-state index contributed by atoms with van der Waals surface area (Å²) in [5, 5.41) is 16.2. The second-order valence-electron chi connectivity index (χ2n) is 4.24. The van der Waals surface area contributed by atoms with E-state index >= 15 is 0 Å². The van der Waals surface area contributed by atoms with Crippen molar-refractivity contribution in [1.29, 1.82) is 0 Å². The minimum absolute atomic E-state index is 0.108. The number of nitro groups is 1. The minimum Gasteiger partial charge on any atom is -0.377 e. The molecule has 2 aromatic rings. The van der Waals surface area contributed by atoms with E-state index in [1.165, 1.54) is 10.9 Å². The van der Waals surface area contributed by atoms with Crippen LogP contribution < -0.4 is 5.32 Å². The van der Waals surface area contributed by atoms with Gasteiger partial charge in [0.1, 0.15) is 0 Å². The molecule has 1 atom stereocenters. The fourth-order valence-electron chi connectivity index (χ4n) is 1.84. The first-order valence-corrected chi connectivity index (χ1v) is 7.40. The second-order valence-corrected chi connectivity index (χ2v) is 6.10. The van der Waals surface area contributed by atoms with E-state index in [2.05, 4.69) is 27.3 Å². The summed E-state index contributed by atoms with van der Waals surface area (Å²) in [4.78, 5) is 11.7. The summed E-state index contributed by atoms with van der Waals surface area (Å²) in [6.07, 6.45) is 0. The van der Waals surface area contributed by atoms with Gasteiger partial charge in [0, 0.05) is 32.0 Å². The average molecular weight is 341 g/mol. The zero-order chi connectivity index (χ0) is 14.0. The Hall–Kier alpha value is -1.40. The van der Waals surface area contributed by atoms with Crippen molar-refractivity contribution in [2.24, 2.45) is 0 Å². The molecule has 0 spiro atoms. The molecule has 19 heavy (non-hydrogen) atoms. The summed E-state index contributed by atoms with van der Waals surface area (Å²) >= 11 is 5.07. The molecule has 0 radical (unpaired) electrons. The Balaban J connectivity index is 2.24. The summed E-state index contributed by atoms with van der Waals surface area (Å²) in [6.45, 7) is 3.80. The smallest absolute Gasteiger partial charge is 0.274 e. The number of rotatable bonds is 4. The molecule has 0 aliphatic carbocycles. The third-order valence-electron chi connectivity index (χ3n) is 2.89. The summed E-state index contributed by atoms with van der Waals surface area (Å²) in [5.41, 5.74) is 1.60. The molecule has 1 N–H and O–H groups in total. The molecule has 100 valence electrons. The molecule has 1 aromatic heterocycles. The fourth-order valence-corrected chi connectivity index (χ4v) is 3.29. The number of nitrogens with zero attached hydrogens (tertiary/aromatic N) is 1. The maximum Gasteiger partial charge on any atom is 0.274 e. The van der Waals surface area contributed by atoms with Crippen LogP contribution in [-0.2, 0) is 0 Å². The lowest BCUT2D eigenvalue weighted by atomic mass is 10.1. The van der Waals surface area contributed by atoms with Crippen LogP contribution in [0.3, 0.4) is 0 Å². The Morgan fingerprint density at radius 3 is 2.79 bits per heavy atom. The first-order chi connectivity index (χ1) is 8.99. The molecular formula is C13H13BrN2O2S. The molecule has 1 aromatic carbocycles. The first-order valence-electron chi connectivity index (χ1n) is 5.73. The number of anilines is 1. The van der Waals surface area contributed by atoms with Gasteiger partial charge in [-0.15, -0.1) is 11.3 Å². The van der Waals surface area contributed by atoms with Gasteiger partial charge in [-0.2, -0.15) is 0 Å². The molecule has 0 fully saturated rings. The number of halogens is 1. The minimum atomic E-state index is -0.354. The maximum absolute atomic E-state index is 10.9. The predicted molar refractivity (Wildman–Crippen MR) is 81.9 cm³/mol. The van der Waals surface area contributed by atoms with Crippen molar-refractivity contribution in [3.05, 3.63) is 54.7 Å². The molecule has 0 aliphatic heterocycles. The highest BCUT2D eigenvalue weighted by molar-refractivity contribution is 9.10. The highest BCUT2D eigenvalue weighted by Crippen LogP contribution is 2.31. The van der Waals surface area contributed by atoms with Gasteiger partial charge in [-0.05, 0) is 41.9 Å². The Kier molecular flexibility index (Phi) is 4.21. The SMILES string of the molecule is Cc1c(NC(C)c2cc(Br)cs2)cccc1[N+](=O)[O-]. The molecule has 0 bridgehead atoms. The molecule has 0 saturated heterocycles. The average Bonchev–Trinajstić information content (AvgIpc) is 2.78. The van der Waals surface area contributed by atoms with E-state index in [-0.39, 0.29) is 16.7 Å². The Labute approximate surface area is 123 Å². The summed E-state index contributed by atoms with van der Waals surface area (Å²) < 4.78 is 1.05. The molecule has 0 aliphatic rings. The lowest BCUT2D eigenvalue weighted by Crippen LogP contribution is -2.07. The normalized spacial score (nSPS) is 12.2. The molecule has 6 heteroatoms. The van der Waals surface area contributed by atoms with Gasteiger partial charge in [-0.25, -0.2) is 0 Å². The van der Waals surface area contributed by atoms with E-state index in [4.69, 9.17) is 0 Å². The van der Waals surface area contributed by atoms with Gasteiger partial charge >= 0.3 is 0 Å².